The zero-order valence-corrected chi connectivity index (χ0v) is 13.4. The SMILES string of the molecule is CC(C)c1noc([C@@H](C)S(=O)(=O)CC(=O)N2CCCC2)n1. The molecule has 0 radical (unpaired) electrons. The molecule has 8 heteroatoms. The van der Waals surface area contributed by atoms with Crippen LogP contribution in [0.1, 0.15) is 56.5 Å². The van der Waals surface area contributed by atoms with Crippen molar-refractivity contribution in [3.63, 3.8) is 0 Å². The van der Waals surface area contributed by atoms with E-state index in [-0.39, 0.29) is 17.7 Å². The summed E-state index contributed by atoms with van der Waals surface area (Å²) in [5.41, 5.74) is 0. The lowest BCUT2D eigenvalue weighted by Gasteiger charge is -2.16. The van der Waals surface area contributed by atoms with E-state index in [1.54, 1.807) is 4.90 Å². The molecule has 0 bridgehead atoms. The minimum Gasteiger partial charge on any atom is -0.342 e. The molecule has 1 aliphatic rings. The predicted molar refractivity (Wildman–Crippen MR) is 76.4 cm³/mol. The van der Waals surface area contributed by atoms with Gasteiger partial charge in [-0.3, -0.25) is 4.79 Å². The molecule has 0 aromatic carbocycles. The van der Waals surface area contributed by atoms with Gasteiger partial charge in [0.1, 0.15) is 11.0 Å². The van der Waals surface area contributed by atoms with E-state index in [1.165, 1.54) is 6.92 Å². The second kappa shape index (κ2) is 6.13. The van der Waals surface area contributed by atoms with Crippen LogP contribution in [0, 0.1) is 0 Å². The molecule has 118 valence electrons. The summed E-state index contributed by atoms with van der Waals surface area (Å²) in [4.78, 5) is 17.7. The second-order valence-electron chi connectivity index (χ2n) is 5.68. The van der Waals surface area contributed by atoms with Crippen molar-refractivity contribution in [2.24, 2.45) is 0 Å². The number of likely N-dealkylation sites (tertiary alicyclic amines) is 1. The van der Waals surface area contributed by atoms with Gasteiger partial charge in [-0.15, -0.1) is 0 Å². The van der Waals surface area contributed by atoms with Crippen LogP contribution < -0.4 is 0 Å². The number of sulfone groups is 1. The molecule has 0 unspecified atom stereocenters. The maximum Gasteiger partial charge on any atom is 0.244 e. The molecule has 2 rings (SSSR count). The quantitative estimate of drug-likeness (QED) is 0.813. The van der Waals surface area contributed by atoms with Gasteiger partial charge in [0.05, 0.1) is 0 Å². The van der Waals surface area contributed by atoms with Crippen molar-refractivity contribution < 1.29 is 17.7 Å². The van der Waals surface area contributed by atoms with Crippen molar-refractivity contribution in [2.75, 3.05) is 18.8 Å². The van der Waals surface area contributed by atoms with Gasteiger partial charge in [0.15, 0.2) is 15.7 Å². The van der Waals surface area contributed by atoms with Gasteiger partial charge in [0.2, 0.25) is 11.8 Å². The first-order chi connectivity index (χ1) is 9.81. The highest BCUT2D eigenvalue weighted by Crippen LogP contribution is 2.23. The third-order valence-electron chi connectivity index (χ3n) is 3.64. The third kappa shape index (κ3) is 3.61. The molecule has 1 amide bonds. The first-order valence-electron chi connectivity index (χ1n) is 7.14. The van der Waals surface area contributed by atoms with Gasteiger partial charge >= 0.3 is 0 Å². The summed E-state index contributed by atoms with van der Waals surface area (Å²) in [6, 6.07) is 0. The van der Waals surface area contributed by atoms with Crippen molar-refractivity contribution in [1.29, 1.82) is 0 Å². The number of carbonyl (C=O) groups is 1. The zero-order chi connectivity index (χ0) is 15.6. The average Bonchev–Trinajstić information content (AvgIpc) is 3.08. The summed E-state index contributed by atoms with van der Waals surface area (Å²) < 4.78 is 29.6. The molecular formula is C13H21N3O4S. The van der Waals surface area contributed by atoms with E-state index >= 15 is 0 Å². The first kappa shape index (κ1) is 15.9. The number of hydrogen-bond acceptors (Lipinski definition) is 6. The molecule has 1 aliphatic heterocycles. The average molecular weight is 315 g/mol. The third-order valence-corrected chi connectivity index (χ3v) is 5.57. The van der Waals surface area contributed by atoms with Crippen LogP contribution in [0.5, 0.6) is 0 Å². The van der Waals surface area contributed by atoms with E-state index in [1.807, 2.05) is 13.8 Å². The topological polar surface area (TPSA) is 93.4 Å². The van der Waals surface area contributed by atoms with Gasteiger partial charge in [0.25, 0.3) is 0 Å². The van der Waals surface area contributed by atoms with E-state index in [4.69, 9.17) is 4.52 Å². The smallest absolute Gasteiger partial charge is 0.244 e. The molecule has 1 saturated heterocycles. The lowest BCUT2D eigenvalue weighted by molar-refractivity contribution is -0.127. The van der Waals surface area contributed by atoms with Crippen molar-refractivity contribution in [3.8, 4) is 0 Å². The van der Waals surface area contributed by atoms with Crippen LogP contribution in [-0.2, 0) is 14.6 Å². The lowest BCUT2D eigenvalue weighted by atomic mass is 10.2. The van der Waals surface area contributed by atoms with Gasteiger partial charge in [-0.2, -0.15) is 4.98 Å². The standard InChI is InChI=1S/C13H21N3O4S/c1-9(2)12-14-13(20-15-12)10(3)21(18,19)8-11(17)16-6-4-5-7-16/h9-10H,4-8H2,1-3H3/t10-/m1/s1. The second-order valence-corrected chi connectivity index (χ2v) is 8.00. The Labute approximate surface area is 124 Å². The molecular weight excluding hydrogens is 294 g/mol. The Morgan fingerprint density at radius 2 is 1.90 bits per heavy atom. The maximum atomic E-state index is 12.3. The normalized spacial score (nSPS) is 17.4. The Morgan fingerprint density at radius 1 is 1.29 bits per heavy atom. The fourth-order valence-corrected chi connectivity index (χ4v) is 3.34. The zero-order valence-electron chi connectivity index (χ0n) is 12.6. The van der Waals surface area contributed by atoms with Crippen molar-refractivity contribution in [3.05, 3.63) is 11.7 Å². The predicted octanol–water partition coefficient (Wildman–Crippen LogP) is 1.29. The highest BCUT2D eigenvalue weighted by Gasteiger charge is 2.32. The number of aromatic nitrogens is 2. The lowest BCUT2D eigenvalue weighted by Crippen LogP contribution is -2.34. The van der Waals surface area contributed by atoms with Crippen LogP contribution in [0.15, 0.2) is 4.52 Å². The van der Waals surface area contributed by atoms with E-state index < -0.39 is 20.8 Å². The minimum absolute atomic E-state index is 0.0490. The van der Waals surface area contributed by atoms with Crippen LogP contribution in [0.2, 0.25) is 0 Å². The van der Waals surface area contributed by atoms with Crippen LogP contribution in [0.4, 0.5) is 0 Å². The van der Waals surface area contributed by atoms with Gasteiger partial charge in [-0.1, -0.05) is 19.0 Å². The summed E-state index contributed by atoms with van der Waals surface area (Å²) >= 11 is 0. The molecule has 0 spiro atoms. The number of nitrogens with zero attached hydrogens (tertiary/aromatic N) is 3. The van der Waals surface area contributed by atoms with Crippen LogP contribution in [0.25, 0.3) is 0 Å². The van der Waals surface area contributed by atoms with Gasteiger partial charge < -0.3 is 9.42 Å². The number of hydrogen-bond donors (Lipinski definition) is 0. The molecule has 21 heavy (non-hydrogen) atoms. The molecule has 1 aromatic rings. The summed E-state index contributed by atoms with van der Waals surface area (Å²) in [6.07, 6.45) is 1.87. The van der Waals surface area contributed by atoms with Crippen LogP contribution in [-0.4, -0.2) is 48.2 Å². The molecule has 2 heterocycles. The highest BCUT2D eigenvalue weighted by atomic mass is 32.2. The van der Waals surface area contributed by atoms with Crippen LogP contribution >= 0.6 is 0 Å². The van der Waals surface area contributed by atoms with Gasteiger partial charge in [-0.05, 0) is 19.8 Å². The van der Waals surface area contributed by atoms with Crippen molar-refractivity contribution >= 4 is 15.7 Å². The van der Waals surface area contributed by atoms with Crippen molar-refractivity contribution in [1.82, 2.24) is 15.0 Å². The highest BCUT2D eigenvalue weighted by molar-refractivity contribution is 7.92. The number of amides is 1. The Bertz CT molecular complexity index is 603. The van der Waals surface area contributed by atoms with Gasteiger partial charge in [0, 0.05) is 19.0 Å². The Morgan fingerprint density at radius 3 is 2.43 bits per heavy atom. The number of carbonyl (C=O) groups excluding carboxylic acids is 1. The summed E-state index contributed by atoms with van der Waals surface area (Å²) in [5, 5.41) is 2.79. The molecule has 0 saturated carbocycles. The minimum atomic E-state index is -3.65. The van der Waals surface area contributed by atoms with E-state index in [0.29, 0.717) is 18.9 Å². The van der Waals surface area contributed by atoms with E-state index in [9.17, 15) is 13.2 Å². The summed E-state index contributed by atoms with van der Waals surface area (Å²) in [5.74, 6) is -0.273. The fourth-order valence-electron chi connectivity index (χ4n) is 2.16. The summed E-state index contributed by atoms with van der Waals surface area (Å²) in [6.45, 7) is 6.54. The molecule has 1 fully saturated rings. The molecule has 0 aliphatic carbocycles. The van der Waals surface area contributed by atoms with Gasteiger partial charge in [-0.25, -0.2) is 8.42 Å². The molecule has 7 nitrogen and oxygen atoms in total. The van der Waals surface area contributed by atoms with Crippen LogP contribution in [0.3, 0.4) is 0 Å². The maximum absolute atomic E-state index is 12.3. The Balaban J connectivity index is 2.08. The molecule has 1 atom stereocenters. The monoisotopic (exact) mass is 315 g/mol. The fraction of sp³-hybridized carbons (Fsp3) is 0.769. The van der Waals surface area contributed by atoms with Crippen molar-refractivity contribution in [2.45, 2.75) is 44.8 Å². The molecule has 0 N–H and O–H groups in total. The first-order valence-corrected chi connectivity index (χ1v) is 8.85. The number of rotatable bonds is 5. The largest absolute Gasteiger partial charge is 0.342 e. The summed E-state index contributed by atoms with van der Waals surface area (Å²) in [7, 11) is -3.65. The Kier molecular flexibility index (Phi) is 4.65. The van der Waals surface area contributed by atoms with E-state index in [2.05, 4.69) is 10.1 Å². The Hall–Kier alpha value is -1.44. The van der Waals surface area contributed by atoms with E-state index in [0.717, 1.165) is 12.8 Å². The molecule has 1 aromatic heterocycles.